The van der Waals surface area contributed by atoms with Gasteiger partial charge in [-0.1, -0.05) is 13.8 Å². The molecule has 0 aliphatic heterocycles. The van der Waals surface area contributed by atoms with Crippen molar-refractivity contribution in [1.82, 2.24) is 5.43 Å². The van der Waals surface area contributed by atoms with E-state index in [4.69, 9.17) is 10.6 Å². The van der Waals surface area contributed by atoms with Crippen molar-refractivity contribution < 1.29 is 4.74 Å². The summed E-state index contributed by atoms with van der Waals surface area (Å²) in [5.74, 6) is 5.57. The zero-order chi connectivity index (χ0) is 12.5. The normalized spacial score (nSPS) is 12.9. The van der Waals surface area contributed by atoms with Crippen LogP contribution in [-0.2, 0) is 17.6 Å². The Balaban J connectivity index is 2.30. The van der Waals surface area contributed by atoms with E-state index in [2.05, 4.69) is 31.4 Å². The summed E-state index contributed by atoms with van der Waals surface area (Å²) in [5.41, 5.74) is 2.88. The number of ether oxygens (including phenoxy) is 1. The quantitative estimate of drug-likeness (QED) is 0.405. The predicted molar refractivity (Wildman–Crippen MR) is 74.2 cm³/mol. The number of hydrazine groups is 1. The molecule has 0 aromatic carbocycles. The van der Waals surface area contributed by atoms with Crippen LogP contribution < -0.4 is 11.3 Å². The molecule has 0 saturated carbocycles. The third kappa shape index (κ3) is 5.64. The average Bonchev–Trinajstić information content (AvgIpc) is 2.80. The second-order valence-electron chi connectivity index (χ2n) is 4.19. The molecule has 1 aromatic rings. The molecule has 0 saturated heterocycles. The highest BCUT2D eigenvalue weighted by Gasteiger charge is 2.09. The van der Waals surface area contributed by atoms with Gasteiger partial charge in [0.15, 0.2) is 0 Å². The lowest BCUT2D eigenvalue weighted by Crippen LogP contribution is -2.37. The Bertz CT molecular complexity index is 301. The molecule has 4 heteroatoms. The second-order valence-corrected chi connectivity index (χ2v) is 5.44. The minimum atomic E-state index is 0.315. The van der Waals surface area contributed by atoms with E-state index in [9.17, 15) is 0 Å². The van der Waals surface area contributed by atoms with Crippen molar-refractivity contribution in [2.75, 3.05) is 13.2 Å². The third-order valence-corrected chi connectivity index (χ3v) is 3.96. The molecule has 1 rings (SSSR count). The highest BCUT2D eigenvalue weighted by atomic mass is 32.1. The highest BCUT2D eigenvalue weighted by Crippen LogP contribution is 2.19. The Morgan fingerprint density at radius 1 is 1.29 bits per heavy atom. The van der Waals surface area contributed by atoms with Crippen LogP contribution in [0.5, 0.6) is 0 Å². The first-order valence-electron chi connectivity index (χ1n) is 6.41. The van der Waals surface area contributed by atoms with E-state index in [1.54, 1.807) is 0 Å². The zero-order valence-corrected chi connectivity index (χ0v) is 11.7. The van der Waals surface area contributed by atoms with E-state index in [0.717, 1.165) is 38.9 Å². The summed E-state index contributed by atoms with van der Waals surface area (Å²) in [6.45, 7) is 5.94. The maximum atomic E-state index is 5.57. The fourth-order valence-corrected chi connectivity index (χ4v) is 2.72. The average molecular weight is 256 g/mol. The summed E-state index contributed by atoms with van der Waals surface area (Å²) in [4.78, 5) is 2.85. The standard InChI is InChI=1S/C13H24N2OS/c1-3-8-16-9-7-11(15-14)10-13-6-5-12(4-2)17-13/h5-6,11,15H,3-4,7-10,14H2,1-2H3. The lowest BCUT2D eigenvalue weighted by atomic mass is 10.1. The van der Waals surface area contributed by atoms with E-state index >= 15 is 0 Å². The summed E-state index contributed by atoms with van der Waals surface area (Å²) < 4.78 is 5.49. The summed E-state index contributed by atoms with van der Waals surface area (Å²) in [7, 11) is 0. The van der Waals surface area contributed by atoms with E-state index in [1.165, 1.54) is 9.75 Å². The molecule has 0 aliphatic rings. The van der Waals surface area contributed by atoms with Crippen molar-refractivity contribution in [2.24, 2.45) is 5.84 Å². The Morgan fingerprint density at radius 2 is 2.06 bits per heavy atom. The Hall–Kier alpha value is -0.420. The molecule has 98 valence electrons. The summed E-state index contributed by atoms with van der Waals surface area (Å²) >= 11 is 1.88. The molecule has 0 spiro atoms. The van der Waals surface area contributed by atoms with Crippen molar-refractivity contribution in [2.45, 2.75) is 45.6 Å². The van der Waals surface area contributed by atoms with Crippen LogP contribution in [0.3, 0.4) is 0 Å². The summed E-state index contributed by atoms with van der Waals surface area (Å²) in [6, 6.07) is 4.73. The molecule has 0 amide bonds. The number of thiophene rings is 1. The molecule has 0 aliphatic carbocycles. The lowest BCUT2D eigenvalue weighted by molar-refractivity contribution is 0.124. The molecular formula is C13H24N2OS. The molecule has 0 fully saturated rings. The largest absolute Gasteiger partial charge is 0.381 e. The van der Waals surface area contributed by atoms with Gasteiger partial charge in [-0.05, 0) is 37.8 Å². The van der Waals surface area contributed by atoms with Gasteiger partial charge in [-0.2, -0.15) is 0 Å². The van der Waals surface area contributed by atoms with Crippen molar-refractivity contribution in [1.29, 1.82) is 0 Å². The molecule has 1 atom stereocenters. The van der Waals surface area contributed by atoms with Gasteiger partial charge in [0, 0.05) is 29.0 Å². The van der Waals surface area contributed by atoms with Crippen LogP contribution in [0.25, 0.3) is 0 Å². The van der Waals surface area contributed by atoms with Crippen LogP contribution >= 0.6 is 11.3 Å². The maximum absolute atomic E-state index is 5.57. The van der Waals surface area contributed by atoms with Gasteiger partial charge >= 0.3 is 0 Å². The van der Waals surface area contributed by atoms with Crippen molar-refractivity contribution in [3.63, 3.8) is 0 Å². The lowest BCUT2D eigenvalue weighted by Gasteiger charge is -2.14. The number of hydrogen-bond acceptors (Lipinski definition) is 4. The van der Waals surface area contributed by atoms with Crippen molar-refractivity contribution in [3.05, 3.63) is 21.9 Å². The fraction of sp³-hybridized carbons (Fsp3) is 0.692. The van der Waals surface area contributed by atoms with Crippen LogP contribution in [0.15, 0.2) is 12.1 Å². The van der Waals surface area contributed by atoms with Crippen LogP contribution in [0.1, 0.15) is 36.4 Å². The van der Waals surface area contributed by atoms with Gasteiger partial charge < -0.3 is 4.74 Å². The minimum absolute atomic E-state index is 0.315. The molecule has 0 radical (unpaired) electrons. The SMILES string of the molecule is CCCOCCC(Cc1ccc(CC)s1)NN. The predicted octanol–water partition coefficient (Wildman–Crippen LogP) is 2.50. The highest BCUT2D eigenvalue weighted by molar-refractivity contribution is 7.11. The Kier molecular flexibility index (Phi) is 7.44. The smallest absolute Gasteiger partial charge is 0.0481 e. The van der Waals surface area contributed by atoms with Crippen LogP contribution in [0, 0.1) is 0 Å². The van der Waals surface area contributed by atoms with Crippen molar-refractivity contribution in [3.8, 4) is 0 Å². The number of aryl methyl sites for hydroxylation is 1. The molecule has 1 unspecified atom stereocenters. The topological polar surface area (TPSA) is 47.3 Å². The number of rotatable bonds is 9. The van der Waals surface area contributed by atoms with Gasteiger partial charge in [-0.3, -0.25) is 11.3 Å². The van der Waals surface area contributed by atoms with Gasteiger partial charge in [0.2, 0.25) is 0 Å². The Labute approximate surface area is 108 Å². The molecule has 0 bridgehead atoms. The zero-order valence-electron chi connectivity index (χ0n) is 10.9. The number of nitrogens with two attached hydrogens (primary N) is 1. The van der Waals surface area contributed by atoms with E-state index in [1.807, 2.05) is 11.3 Å². The minimum Gasteiger partial charge on any atom is -0.381 e. The van der Waals surface area contributed by atoms with Crippen LogP contribution in [-0.4, -0.2) is 19.3 Å². The molecule has 1 heterocycles. The summed E-state index contributed by atoms with van der Waals surface area (Å²) in [5, 5.41) is 0. The van der Waals surface area contributed by atoms with Crippen LogP contribution in [0.2, 0.25) is 0 Å². The first-order valence-corrected chi connectivity index (χ1v) is 7.23. The number of nitrogens with one attached hydrogen (secondary N) is 1. The van der Waals surface area contributed by atoms with Gasteiger partial charge in [0.05, 0.1) is 0 Å². The van der Waals surface area contributed by atoms with Gasteiger partial charge in [0.1, 0.15) is 0 Å². The first kappa shape index (κ1) is 14.6. The molecule has 3 N–H and O–H groups in total. The van der Waals surface area contributed by atoms with Gasteiger partial charge in [-0.15, -0.1) is 11.3 Å². The first-order chi connectivity index (χ1) is 8.30. The summed E-state index contributed by atoms with van der Waals surface area (Å²) in [6.07, 6.45) is 4.16. The Morgan fingerprint density at radius 3 is 2.65 bits per heavy atom. The van der Waals surface area contributed by atoms with E-state index in [0.29, 0.717) is 6.04 Å². The van der Waals surface area contributed by atoms with Gasteiger partial charge in [0.25, 0.3) is 0 Å². The monoisotopic (exact) mass is 256 g/mol. The van der Waals surface area contributed by atoms with Crippen LogP contribution in [0.4, 0.5) is 0 Å². The molecule has 1 aromatic heterocycles. The van der Waals surface area contributed by atoms with E-state index in [-0.39, 0.29) is 0 Å². The third-order valence-electron chi connectivity index (χ3n) is 2.71. The molecule has 17 heavy (non-hydrogen) atoms. The second kappa shape index (κ2) is 8.64. The molecule has 3 nitrogen and oxygen atoms in total. The van der Waals surface area contributed by atoms with E-state index < -0.39 is 0 Å². The number of hydrogen-bond donors (Lipinski definition) is 2. The maximum Gasteiger partial charge on any atom is 0.0481 e. The van der Waals surface area contributed by atoms with Crippen molar-refractivity contribution >= 4 is 11.3 Å². The van der Waals surface area contributed by atoms with Gasteiger partial charge in [-0.25, -0.2) is 0 Å². The fourth-order valence-electron chi connectivity index (χ4n) is 1.68. The molecular weight excluding hydrogens is 232 g/mol.